The predicted molar refractivity (Wildman–Crippen MR) is 107 cm³/mol. The van der Waals surface area contributed by atoms with Gasteiger partial charge in [-0.2, -0.15) is 0 Å². The van der Waals surface area contributed by atoms with Crippen LogP contribution in [0.2, 0.25) is 0 Å². The Morgan fingerprint density at radius 1 is 1.07 bits per heavy atom. The van der Waals surface area contributed by atoms with Gasteiger partial charge in [0.05, 0.1) is 31.9 Å². The number of carbonyl (C=O) groups excluding carboxylic acids is 2. The number of rotatable bonds is 8. The summed E-state index contributed by atoms with van der Waals surface area (Å²) in [5, 5.41) is 25.8. The lowest BCUT2D eigenvalue weighted by molar-refractivity contribution is -0.125. The molecule has 2 aromatic rings. The molecule has 3 rings (SSSR count). The lowest BCUT2D eigenvalue weighted by atomic mass is 10.1. The van der Waals surface area contributed by atoms with E-state index in [-0.39, 0.29) is 31.3 Å². The highest BCUT2D eigenvalue weighted by Crippen LogP contribution is 2.23. The molecule has 9 heteroatoms. The average Bonchev–Trinajstić information content (AvgIpc) is 3.04. The van der Waals surface area contributed by atoms with Crippen molar-refractivity contribution in [1.82, 2.24) is 15.6 Å². The number of nitrogens with one attached hydrogen (secondary N) is 2. The van der Waals surface area contributed by atoms with Crippen LogP contribution >= 0.6 is 0 Å². The molecule has 4 N–H and O–H groups in total. The Labute approximate surface area is 174 Å². The van der Waals surface area contributed by atoms with Gasteiger partial charge in [-0.3, -0.25) is 14.6 Å². The first-order chi connectivity index (χ1) is 14.5. The summed E-state index contributed by atoms with van der Waals surface area (Å²) in [5.74, 6) is -0.0484. The number of methoxy groups -OCH3 is 1. The van der Waals surface area contributed by atoms with Crippen LogP contribution in [0.25, 0.3) is 0 Å². The van der Waals surface area contributed by atoms with Crippen molar-refractivity contribution < 1.29 is 29.3 Å². The molecule has 1 aliphatic rings. The van der Waals surface area contributed by atoms with Crippen LogP contribution in [0.3, 0.4) is 0 Å². The Bertz CT molecular complexity index is 846. The number of hydrogen-bond acceptors (Lipinski definition) is 7. The van der Waals surface area contributed by atoms with Gasteiger partial charge in [0.1, 0.15) is 24.1 Å². The summed E-state index contributed by atoms with van der Waals surface area (Å²) in [6, 6.07) is 11.9. The molecule has 0 saturated carbocycles. The lowest BCUT2D eigenvalue weighted by Crippen LogP contribution is -2.40. The van der Waals surface area contributed by atoms with E-state index in [0.717, 1.165) is 0 Å². The fraction of sp³-hybridized carbons (Fsp3) is 0.381. The fourth-order valence-electron chi connectivity index (χ4n) is 3.15. The molecule has 0 aliphatic carbocycles. The number of amides is 2. The van der Waals surface area contributed by atoms with Gasteiger partial charge in [0, 0.05) is 18.3 Å². The van der Waals surface area contributed by atoms with E-state index in [1.54, 1.807) is 42.6 Å². The number of hydrogen-bond donors (Lipinski definition) is 4. The van der Waals surface area contributed by atoms with Crippen LogP contribution in [0.5, 0.6) is 5.75 Å². The van der Waals surface area contributed by atoms with E-state index in [1.807, 2.05) is 6.07 Å². The zero-order chi connectivity index (χ0) is 21.5. The van der Waals surface area contributed by atoms with Crippen molar-refractivity contribution >= 4 is 11.8 Å². The molecule has 2 amide bonds. The van der Waals surface area contributed by atoms with Crippen LogP contribution in [0, 0.1) is 0 Å². The number of aromatic nitrogens is 1. The molecule has 1 aliphatic heterocycles. The first-order valence-electron chi connectivity index (χ1n) is 9.58. The molecule has 0 radical (unpaired) electrons. The Kier molecular flexibility index (Phi) is 7.34. The quantitative estimate of drug-likeness (QED) is 0.478. The first kappa shape index (κ1) is 21.7. The topological polar surface area (TPSA) is 130 Å². The van der Waals surface area contributed by atoms with Crippen LogP contribution in [0.4, 0.5) is 0 Å². The molecule has 9 nitrogen and oxygen atoms in total. The third-order valence-electron chi connectivity index (χ3n) is 4.86. The second-order valence-electron chi connectivity index (χ2n) is 6.93. The zero-order valence-electron chi connectivity index (χ0n) is 16.5. The molecular formula is C21H25N3O6. The number of carbonyl (C=O) groups is 2. The molecule has 1 fully saturated rings. The maximum Gasteiger partial charge on any atom is 0.251 e. The molecule has 4 atom stereocenters. The molecule has 0 unspecified atom stereocenters. The number of aliphatic hydroxyl groups excluding tert-OH is 2. The molecule has 1 aromatic heterocycles. The highest BCUT2D eigenvalue weighted by molar-refractivity contribution is 5.94. The normalized spacial score (nSPS) is 23.0. The fourth-order valence-corrected chi connectivity index (χ4v) is 3.15. The van der Waals surface area contributed by atoms with Crippen LogP contribution in [-0.2, 0) is 16.1 Å². The second-order valence-corrected chi connectivity index (χ2v) is 6.93. The highest BCUT2D eigenvalue weighted by Gasteiger charge is 2.43. The Morgan fingerprint density at radius 3 is 2.47 bits per heavy atom. The van der Waals surface area contributed by atoms with E-state index in [0.29, 0.717) is 17.0 Å². The molecule has 30 heavy (non-hydrogen) atoms. The zero-order valence-corrected chi connectivity index (χ0v) is 16.5. The van der Waals surface area contributed by atoms with Crippen LogP contribution in [0.1, 0.15) is 22.5 Å². The molecule has 2 heterocycles. The minimum atomic E-state index is -1.23. The van der Waals surface area contributed by atoms with E-state index in [4.69, 9.17) is 9.47 Å². The number of ether oxygens (including phenoxy) is 2. The van der Waals surface area contributed by atoms with E-state index < -0.39 is 24.4 Å². The van der Waals surface area contributed by atoms with Crippen molar-refractivity contribution in [3.63, 3.8) is 0 Å². The van der Waals surface area contributed by atoms with Crippen LogP contribution < -0.4 is 15.4 Å². The van der Waals surface area contributed by atoms with Gasteiger partial charge >= 0.3 is 0 Å². The smallest absolute Gasteiger partial charge is 0.251 e. The third kappa shape index (κ3) is 5.53. The number of aliphatic hydroxyl groups is 2. The van der Waals surface area contributed by atoms with E-state index in [2.05, 4.69) is 15.6 Å². The standard InChI is InChI=1S/C21H25N3O6/c1-29-15-7-5-13(6-8-15)21(28)24-12-17-20(27)19(26)16(30-17)10-18(25)23-11-14-4-2-3-9-22-14/h2-9,16-17,19-20,26-27H,10-12H2,1H3,(H,23,25)(H,24,28)/t16-,17+,19-,20+/m0/s1. The third-order valence-corrected chi connectivity index (χ3v) is 4.86. The minimum absolute atomic E-state index is 0.00482. The Hall–Kier alpha value is -3.01. The summed E-state index contributed by atoms with van der Waals surface area (Å²) in [4.78, 5) is 28.5. The first-order valence-corrected chi connectivity index (χ1v) is 9.58. The van der Waals surface area contributed by atoms with Gasteiger partial charge in [-0.05, 0) is 36.4 Å². The largest absolute Gasteiger partial charge is 0.497 e. The van der Waals surface area contributed by atoms with Gasteiger partial charge in [-0.25, -0.2) is 0 Å². The van der Waals surface area contributed by atoms with Gasteiger partial charge in [0.2, 0.25) is 5.91 Å². The van der Waals surface area contributed by atoms with Crippen LogP contribution in [-0.4, -0.2) is 65.1 Å². The van der Waals surface area contributed by atoms with Crippen LogP contribution in [0.15, 0.2) is 48.7 Å². The molecule has 1 saturated heterocycles. The van der Waals surface area contributed by atoms with Crippen molar-refractivity contribution in [3.05, 3.63) is 59.9 Å². The van der Waals surface area contributed by atoms with Gasteiger partial charge in [0.15, 0.2) is 0 Å². The summed E-state index contributed by atoms with van der Waals surface area (Å²) in [6.07, 6.45) is -2.62. The maximum absolute atomic E-state index is 12.2. The summed E-state index contributed by atoms with van der Waals surface area (Å²) in [5.41, 5.74) is 1.13. The van der Waals surface area contributed by atoms with E-state index in [1.165, 1.54) is 7.11 Å². The molecule has 160 valence electrons. The van der Waals surface area contributed by atoms with Crippen molar-refractivity contribution in [2.45, 2.75) is 37.4 Å². The molecule has 1 aromatic carbocycles. The predicted octanol–water partition coefficient (Wildman–Crippen LogP) is 0.0157. The van der Waals surface area contributed by atoms with Crippen molar-refractivity contribution in [2.75, 3.05) is 13.7 Å². The summed E-state index contributed by atoms with van der Waals surface area (Å²) >= 11 is 0. The van der Waals surface area contributed by atoms with Crippen molar-refractivity contribution in [2.24, 2.45) is 0 Å². The number of benzene rings is 1. The van der Waals surface area contributed by atoms with Gasteiger partial charge < -0.3 is 30.3 Å². The summed E-state index contributed by atoms with van der Waals surface area (Å²) < 4.78 is 10.7. The van der Waals surface area contributed by atoms with Gasteiger partial charge in [0.25, 0.3) is 5.91 Å². The van der Waals surface area contributed by atoms with Gasteiger partial charge in [-0.1, -0.05) is 6.07 Å². The Balaban J connectivity index is 1.46. The molecule has 0 bridgehead atoms. The van der Waals surface area contributed by atoms with Gasteiger partial charge in [-0.15, -0.1) is 0 Å². The monoisotopic (exact) mass is 415 g/mol. The average molecular weight is 415 g/mol. The summed E-state index contributed by atoms with van der Waals surface area (Å²) in [6.45, 7) is 0.252. The second kappa shape index (κ2) is 10.1. The van der Waals surface area contributed by atoms with E-state index in [9.17, 15) is 19.8 Å². The lowest BCUT2D eigenvalue weighted by Gasteiger charge is -2.15. The molecular weight excluding hydrogens is 390 g/mol. The number of pyridine rings is 1. The van der Waals surface area contributed by atoms with Crippen molar-refractivity contribution in [3.8, 4) is 5.75 Å². The SMILES string of the molecule is COc1ccc(C(=O)NC[C@H]2O[C@@H](CC(=O)NCc3ccccn3)[C@H](O)[C@@H]2O)cc1. The maximum atomic E-state index is 12.2. The number of nitrogens with zero attached hydrogens (tertiary/aromatic N) is 1. The highest BCUT2D eigenvalue weighted by atomic mass is 16.5. The minimum Gasteiger partial charge on any atom is -0.497 e. The van der Waals surface area contributed by atoms with E-state index >= 15 is 0 Å². The Morgan fingerprint density at radius 2 is 1.80 bits per heavy atom. The molecule has 0 spiro atoms. The summed E-state index contributed by atoms with van der Waals surface area (Å²) in [7, 11) is 1.54. The van der Waals surface area contributed by atoms with Crippen molar-refractivity contribution in [1.29, 1.82) is 0 Å².